The van der Waals surface area contributed by atoms with Gasteiger partial charge in [0.25, 0.3) is 5.56 Å². The van der Waals surface area contributed by atoms with Gasteiger partial charge in [-0.25, -0.2) is 4.98 Å². The molecule has 1 heterocycles. The van der Waals surface area contributed by atoms with E-state index in [1.165, 1.54) is 12.8 Å². The minimum absolute atomic E-state index is 0.0920. The minimum atomic E-state index is 0.0920. The molecule has 1 aromatic heterocycles. The van der Waals surface area contributed by atoms with E-state index in [9.17, 15) is 4.79 Å². The first-order valence-corrected chi connectivity index (χ1v) is 5.19. The van der Waals surface area contributed by atoms with Gasteiger partial charge in [0.1, 0.15) is 5.82 Å². The number of hydrogen-bond acceptors (Lipinski definition) is 2. The topological polar surface area (TPSA) is 34.9 Å². The molecule has 2 rings (SSSR count). The summed E-state index contributed by atoms with van der Waals surface area (Å²) in [7, 11) is 0. The average molecular weight is 192 g/mol. The third kappa shape index (κ3) is 1.59. The number of rotatable bonds is 2. The molecule has 0 N–H and O–H groups in total. The number of nitrogens with zero attached hydrogens (tertiary/aromatic N) is 2. The minimum Gasteiger partial charge on any atom is -0.294 e. The molecule has 0 saturated heterocycles. The molecule has 0 aromatic carbocycles. The fourth-order valence-corrected chi connectivity index (χ4v) is 1.84. The van der Waals surface area contributed by atoms with Gasteiger partial charge in [0.15, 0.2) is 0 Å². The van der Waals surface area contributed by atoms with Crippen molar-refractivity contribution >= 4 is 0 Å². The molecule has 1 aromatic rings. The number of hydrogen-bond donors (Lipinski definition) is 0. The Bertz CT molecular complexity index is 402. The lowest BCUT2D eigenvalue weighted by Gasteiger charge is -2.13. The predicted molar refractivity (Wildman–Crippen MR) is 55.6 cm³/mol. The Morgan fingerprint density at radius 2 is 2.14 bits per heavy atom. The van der Waals surface area contributed by atoms with Gasteiger partial charge >= 0.3 is 0 Å². The molecule has 0 unspecified atom stereocenters. The van der Waals surface area contributed by atoms with Crippen LogP contribution < -0.4 is 5.56 Å². The molecule has 76 valence electrons. The summed E-state index contributed by atoms with van der Waals surface area (Å²) in [5.41, 5.74) is 1.08. The van der Waals surface area contributed by atoms with Crippen molar-refractivity contribution in [2.75, 3.05) is 0 Å². The Morgan fingerprint density at radius 1 is 1.50 bits per heavy atom. The zero-order valence-corrected chi connectivity index (χ0v) is 8.95. The first kappa shape index (κ1) is 9.44. The Morgan fingerprint density at radius 3 is 2.57 bits per heavy atom. The maximum absolute atomic E-state index is 11.8. The van der Waals surface area contributed by atoms with E-state index in [0.29, 0.717) is 5.92 Å². The SMILES string of the molecule is Cc1nc(C2CC2)cc(=O)n1C(C)C. The van der Waals surface area contributed by atoms with Crippen molar-refractivity contribution in [3.05, 3.63) is 27.9 Å². The van der Waals surface area contributed by atoms with Crippen molar-refractivity contribution in [3.63, 3.8) is 0 Å². The molecule has 1 saturated carbocycles. The quantitative estimate of drug-likeness (QED) is 0.718. The normalized spacial score (nSPS) is 16.3. The lowest BCUT2D eigenvalue weighted by Crippen LogP contribution is -2.25. The van der Waals surface area contributed by atoms with Crippen LogP contribution in [-0.4, -0.2) is 9.55 Å². The van der Waals surface area contributed by atoms with Crippen LogP contribution in [0.2, 0.25) is 0 Å². The van der Waals surface area contributed by atoms with Crippen molar-refractivity contribution in [1.29, 1.82) is 0 Å². The zero-order valence-electron chi connectivity index (χ0n) is 8.95. The van der Waals surface area contributed by atoms with Gasteiger partial charge in [-0.05, 0) is 33.6 Å². The molecular formula is C11H16N2O. The zero-order chi connectivity index (χ0) is 10.3. The van der Waals surface area contributed by atoms with E-state index in [2.05, 4.69) is 4.98 Å². The van der Waals surface area contributed by atoms with Crippen LogP contribution in [0.4, 0.5) is 0 Å². The van der Waals surface area contributed by atoms with E-state index in [4.69, 9.17) is 0 Å². The third-order valence-corrected chi connectivity index (χ3v) is 2.66. The fourth-order valence-electron chi connectivity index (χ4n) is 1.84. The summed E-state index contributed by atoms with van der Waals surface area (Å²) in [5.74, 6) is 1.40. The molecule has 1 aliphatic carbocycles. The van der Waals surface area contributed by atoms with Crippen molar-refractivity contribution < 1.29 is 0 Å². The van der Waals surface area contributed by atoms with Gasteiger partial charge in [0.2, 0.25) is 0 Å². The van der Waals surface area contributed by atoms with Crippen LogP contribution in [0.25, 0.3) is 0 Å². The van der Waals surface area contributed by atoms with E-state index < -0.39 is 0 Å². The largest absolute Gasteiger partial charge is 0.294 e. The van der Waals surface area contributed by atoms with E-state index >= 15 is 0 Å². The van der Waals surface area contributed by atoms with Gasteiger partial charge in [-0.15, -0.1) is 0 Å². The van der Waals surface area contributed by atoms with E-state index in [1.807, 2.05) is 20.8 Å². The predicted octanol–water partition coefficient (Wildman–Crippen LogP) is 2.01. The molecule has 1 fully saturated rings. The van der Waals surface area contributed by atoms with E-state index in [1.54, 1.807) is 10.6 Å². The van der Waals surface area contributed by atoms with Crippen LogP contribution in [0.3, 0.4) is 0 Å². The van der Waals surface area contributed by atoms with Gasteiger partial charge in [-0.3, -0.25) is 9.36 Å². The second kappa shape index (κ2) is 3.23. The highest BCUT2D eigenvalue weighted by Gasteiger charge is 2.26. The summed E-state index contributed by atoms with van der Waals surface area (Å²) in [6.45, 7) is 5.92. The molecule has 0 atom stereocenters. The Balaban J connectivity index is 2.49. The van der Waals surface area contributed by atoms with E-state index in [-0.39, 0.29) is 11.6 Å². The van der Waals surface area contributed by atoms with Crippen LogP contribution in [0.5, 0.6) is 0 Å². The van der Waals surface area contributed by atoms with Crippen LogP contribution in [-0.2, 0) is 0 Å². The van der Waals surface area contributed by atoms with Gasteiger partial charge in [0.05, 0.1) is 5.69 Å². The fraction of sp³-hybridized carbons (Fsp3) is 0.636. The summed E-state index contributed by atoms with van der Waals surface area (Å²) < 4.78 is 1.74. The third-order valence-electron chi connectivity index (χ3n) is 2.66. The highest BCUT2D eigenvalue weighted by atomic mass is 16.1. The molecule has 14 heavy (non-hydrogen) atoms. The second-order valence-corrected chi connectivity index (χ2v) is 4.30. The molecule has 0 bridgehead atoms. The summed E-state index contributed by atoms with van der Waals surface area (Å²) in [5, 5.41) is 0. The molecular weight excluding hydrogens is 176 g/mol. The monoisotopic (exact) mass is 192 g/mol. The van der Waals surface area contributed by atoms with Crippen LogP contribution >= 0.6 is 0 Å². The van der Waals surface area contributed by atoms with Crippen molar-refractivity contribution in [2.24, 2.45) is 0 Å². The Kier molecular flexibility index (Phi) is 2.17. The average Bonchev–Trinajstić information content (AvgIpc) is 2.83. The van der Waals surface area contributed by atoms with E-state index in [0.717, 1.165) is 11.5 Å². The van der Waals surface area contributed by atoms with Gasteiger partial charge in [-0.1, -0.05) is 0 Å². The summed E-state index contributed by atoms with van der Waals surface area (Å²) in [6.07, 6.45) is 2.38. The van der Waals surface area contributed by atoms with Crippen LogP contribution in [0.1, 0.15) is 50.2 Å². The summed E-state index contributed by atoms with van der Waals surface area (Å²) >= 11 is 0. The smallest absolute Gasteiger partial charge is 0.253 e. The lowest BCUT2D eigenvalue weighted by molar-refractivity contribution is 0.545. The van der Waals surface area contributed by atoms with Crippen molar-refractivity contribution in [2.45, 2.75) is 45.6 Å². The van der Waals surface area contributed by atoms with Gasteiger partial charge in [0, 0.05) is 18.0 Å². The standard InChI is InChI=1S/C11H16N2O/c1-7(2)13-8(3)12-10(6-11(13)14)9-4-5-9/h6-7,9H,4-5H2,1-3H3. The molecule has 0 aliphatic heterocycles. The van der Waals surface area contributed by atoms with Gasteiger partial charge < -0.3 is 0 Å². The molecule has 1 aliphatic rings. The van der Waals surface area contributed by atoms with Crippen molar-refractivity contribution in [1.82, 2.24) is 9.55 Å². The van der Waals surface area contributed by atoms with Crippen molar-refractivity contribution in [3.8, 4) is 0 Å². The van der Waals surface area contributed by atoms with Crippen LogP contribution in [0.15, 0.2) is 10.9 Å². The molecule has 0 amide bonds. The molecule has 3 heteroatoms. The maximum atomic E-state index is 11.8. The molecule has 3 nitrogen and oxygen atoms in total. The number of aromatic nitrogens is 2. The highest BCUT2D eigenvalue weighted by molar-refractivity contribution is 5.14. The maximum Gasteiger partial charge on any atom is 0.253 e. The summed E-state index contributed by atoms with van der Waals surface area (Å²) in [4.78, 5) is 16.2. The van der Waals surface area contributed by atoms with Crippen LogP contribution in [0, 0.1) is 6.92 Å². The lowest BCUT2D eigenvalue weighted by atomic mass is 10.2. The highest BCUT2D eigenvalue weighted by Crippen LogP contribution is 2.38. The Hall–Kier alpha value is -1.12. The first-order chi connectivity index (χ1) is 6.59. The first-order valence-electron chi connectivity index (χ1n) is 5.19. The molecule has 0 spiro atoms. The van der Waals surface area contributed by atoms with Gasteiger partial charge in [-0.2, -0.15) is 0 Å². The Labute approximate surface area is 83.8 Å². The summed E-state index contributed by atoms with van der Waals surface area (Å²) in [6, 6.07) is 1.90. The number of aryl methyl sites for hydroxylation is 1. The second-order valence-electron chi connectivity index (χ2n) is 4.30. The molecule has 0 radical (unpaired) electrons.